The second-order valence-corrected chi connectivity index (χ2v) is 17.6. The molecule has 0 saturated heterocycles. The van der Waals surface area contributed by atoms with Gasteiger partial charge in [-0.2, -0.15) is 4.98 Å². The first-order chi connectivity index (χ1) is 21.9. The van der Waals surface area contributed by atoms with Crippen LogP contribution in [0.15, 0.2) is 108 Å². The topological polar surface area (TPSA) is 104 Å². The summed E-state index contributed by atoms with van der Waals surface area (Å²) in [5, 5.41) is 13.5. The second kappa shape index (κ2) is 13.2. The maximum atomic E-state index is 13.8. The molecule has 0 unspecified atom stereocenters. The van der Waals surface area contributed by atoms with Crippen LogP contribution in [-0.4, -0.2) is 49.9 Å². The summed E-state index contributed by atoms with van der Waals surface area (Å²) in [4.78, 5) is 18.3. The van der Waals surface area contributed by atoms with E-state index in [0.29, 0.717) is 11.6 Å². The monoisotopic (exact) mass is 641 g/mol. The van der Waals surface area contributed by atoms with Crippen LogP contribution in [0.3, 0.4) is 0 Å². The summed E-state index contributed by atoms with van der Waals surface area (Å²) in [6.45, 7) is 10.5. The molecule has 1 aliphatic rings. The Labute approximate surface area is 271 Å². The Morgan fingerprint density at radius 1 is 0.870 bits per heavy atom. The zero-order valence-electron chi connectivity index (χ0n) is 27.5. The van der Waals surface area contributed by atoms with Crippen LogP contribution in [0.25, 0.3) is 0 Å². The van der Waals surface area contributed by atoms with E-state index >= 15 is 0 Å². The highest BCUT2D eigenvalue weighted by Crippen LogP contribution is 2.42. The van der Waals surface area contributed by atoms with Gasteiger partial charge < -0.3 is 29.1 Å². The number of methoxy groups -OCH3 is 2. The highest BCUT2D eigenvalue weighted by molar-refractivity contribution is 6.74. The molecule has 1 aliphatic heterocycles. The van der Waals surface area contributed by atoms with E-state index in [1.165, 1.54) is 4.57 Å². The lowest BCUT2D eigenvalue weighted by atomic mass is 9.77. The molecule has 0 amide bonds. The predicted octanol–water partition coefficient (Wildman–Crippen LogP) is 6.46. The van der Waals surface area contributed by atoms with Gasteiger partial charge in [0, 0.05) is 6.20 Å². The molecule has 0 spiro atoms. The van der Waals surface area contributed by atoms with Crippen LogP contribution in [0.2, 0.25) is 18.1 Å². The number of benzene rings is 3. The van der Waals surface area contributed by atoms with Gasteiger partial charge in [0.1, 0.15) is 41.3 Å². The molecule has 9 nitrogen and oxygen atoms in total. The number of nitrogens with one attached hydrogen (secondary N) is 1. The fourth-order valence-electron chi connectivity index (χ4n) is 5.40. The average molecular weight is 642 g/mol. The Hall–Kier alpha value is -4.38. The molecule has 0 aliphatic carbocycles. The first-order valence-corrected chi connectivity index (χ1v) is 18.2. The molecule has 2 heterocycles. The zero-order chi connectivity index (χ0) is 33.1. The van der Waals surface area contributed by atoms with E-state index in [0.717, 1.165) is 28.2 Å². The summed E-state index contributed by atoms with van der Waals surface area (Å²) < 4.78 is 25.0. The van der Waals surface area contributed by atoms with Crippen molar-refractivity contribution in [3.63, 3.8) is 0 Å². The van der Waals surface area contributed by atoms with Gasteiger partial charge in [-0.25, -0.2) is 4.79 Å². The van der Waals surface area contributed by atoms with E-state index in [-0.39, 0.29) is 11.6 Å². The Morgan fingerprint density at radius 2 is 1.41 bits per heavy atom. The number of rotatable bonds is 11. The Bertz CT molecular complexity index is 1670. The van der Waals surface area contributed by atoms with Crippen molar-refractivity contribution in [3.8, 4) is 11.5 Å². The SMILES string of the molecule is COc1ccc(C(Nc2ccn([C@@H]3OC(CO)=C[C@H]3O[Si](C)(C)C(C)(C)C)c(=O)n2)(c2ccccc2)c2ccc(OC)cc2)cc1. The smallest absolute Gasteiger partial charge is 0.352 e. The summed E-state index contributed by atoms with van der Waals surface area (Å²) in [7, 11) is 1.02. The molecular weight excluding hydrogens is 598 g/mol. The lowest BCUT2D eigenvalue weighted by molar-refractivity contribution is -0.00541. The maximum absolute atomic E-state index is 13.8. The van der Waals surface area contributed by atoms with Crippen LogP contribution < -0.4 is 20.5 Å². The number of hydrogen-bond acceptors (Lipinski definition) is 8. The number of ether oxygens (including phenoxy) is 3. The third-order valence-corrected chi connectivity index (χ3v) is 13.4. The minimum atomic E-state index is -2.25. The Morgan fingerprint density at radius 3 is 1.89 bits per heavy atom. The lowest BCUT2D eigenvalue weighted by Crippen LogP contribution is -2.46. The first kappa shape index (κ1) is 33.0. The van der Waals surface area contributed by atoms with Gasteiger partial charge in [0.25, 0.3) is 0 Å². The summed E-state index contributed by atoms with van der Waals surface area (Å²) >= 11 is 0. The number of aliphatic hydroxyl groups is 1. The highest BCUT2D eigenvalue weighted by atomic mass is 28.4. The van der Waals surface area contributed by atoms with E-state index < -0.39 is 31.9 Å². The van der Waals surface area contributed by atoms with Crippen molar-refractivity contribution < 1.29 is 23.7 Å². The molecular formula is C36H43N3O6Si. The normalized spacial score (nSPS) is 16.8. The van der Waals surface area contributed by atoms with Gasteiger partial charge in [-0.3, -0.25) is 4.57 Å². The van der Waals surface area contributed by atoms with E-state index in [2.05, 4.69) is 44.2 Å². The Balaban J connectivity index is 1.59. The molecule has 0 fully saturated rings. The molecule has 2 atom stereocenters. The fourth-order valence-corrected chi connectivity index (χ4v) is 6.61. The maximum Gasteiger partial charge on any atom is 0.352 e. The van der Waals surface area contributed by atoms with Crippen LogP contribution in [0, 0.1) is 0 Å². The quantitative estimate of drug-likeness (QED) is 0.142. The first-order valence-electron chi connectivity index (χ1n) is 15.3. The second-order valence-electron chi connectivity index (χ2n) is 12.8. The number of nitrogens with zero attached hydrogens (tertiary/aromatic N) is 2. The van der Waals surface area contributed by atoms with Gasteiger partial charge in [0.05, 0.1) is 14.2 Å². The van der Waals surface area contributed by atoms with Crippen LogP contribution in [-0.2, 0) is 14.7 Å². The summed E-state index contributed by atoms with van der Waals surface area (Å²) in [5.41, 5.74) is 1.30. The van der Waals surface area contributed by atoms with Crippen molar-refractivity contribution in [1.29, 1.82) is 0 Å². The molecule has 1 aromatic heterocycles. The van der Waals surface area contributed by atoms with Gasteiger partial charge in [-0.1, -0.05) is 75.4 Å². The molecule has 10 heteroatoms. The third-order valence-electron chi connectivity index (χ3n) is 8.97. The third kappa shape index (κ3) is 6.46. The number of anilines is 1. The van der Waals surface area contributed by atoms with Crippen molar-refractivity contribution in [1.82, 2.24) is 9.55 Å². The summed E-state index contributed by atoms with van der Waals surface area (Å²) in [6.07, 6.45) is 2.07. The molecule has 0 radical (unpaired) electrons. The molecule has 2 N–H and O–H groups in total. The van der Waals surface area contributed by atoms with Crippen LogP contribution in [0.4, 0.5) is 5.82 Å². The van der Waals surface area contributed by atoms with Crippen molar-refractivity contribution in [2.24, 2.45) is 0 Å². The van der Waals surface area contributed by atoms with Crippen molar-refractivity contribution in [2.75, 3.05) is 26.1 Å². The summed E-state index contributed by atoms with van der Waals surface area (Å²) in [6, 6.07) is 27.4. The molecule has 242 valence electrons. The molecule has 0 saturated carbocycles. The van der Waals surface area contributed by atoms with Gasteiger partial charge in [0.2, 0.25) is 6.23 Å². The molecule has 0 bridgehead atoms. The minimum absolute atomic E-state index is 0.0615. The highest BCUT2D eigenvalue weighted by Gasteiger charge is 2.43. The predicted molar refractivity (Wildman–Crippen MR) is 182 cm³/mol. The summed E-state index contributed by atoms with van der Waals surface area (Å²) in [5.74, 6) is 2.18. The number of hydrogen-bond donors (Lipinski definition) is 2. The lowest BCUT2D eigenvalue weighted by Gasteiger charge is -2.39. The van der Waals surface area contributed by atoms with Gasteiger partial charge >= 0.3 is 5.69 Å². The number of aliphatic hydroxyl groups excluding tert-OH is 1. The van der Waals surface area contributed by atoms with Crippen molar-refractivity contribution in [3.05, 3.63) is 130 Å². The van der Waals surface area contributed by atoms with Gasteiger partial charge in [-0.15, -0.1) is 0 Å². The van der Waals surface area contributed by atoms with E-state index in [1.807, 2.05) is 78.9 Å². The Kier molecular flexibility index (Phi) is 9.43. The molecule has 5 rings (SSSR count). The van der Waals surface area contributed by atoms with Gasteiger partial charge in [0.15, 0.2) is 8.32 Å². The van der Waals surface area contributed by atoms with Crippen LogP contribution >= 0.6 is 0 Å². The standard InChI is InChI=1S/C36H43N3O6Si/c1-35(2,3)46(6,7)45-31-23-30(24-40)44-33(31)39-22-21-32(37-34(39)41)38-36(25-11-9-8-10-12-25,26-13-17-28(42-4)18-14-26)27-15-19-29(43-5)20-16-27/h8-23,31,33,40H,24H2,1-7H3,(H,37,38,41)/t31-,33-/m1/s1. The fraction of sp³-hybridized carbons (Fsp3) is 0.333. The number of aromatic nitrogens is 2. The average Bonchev–Trinajstić information content (AvgIpc) is 3.45. The van der Waals surface area contributed by atoms with Gasteiger partial charge in [-0.05, 0) is 71.2 Å². The molecule has 46 heavy (non-hydrogen) atoms. The van der Waals surface area contributed by atoms with Crippen LogP contribution in [0.5, 0.6) is 11.5 Å². The van der Waals surface area contributed by atoms with Crippen molar-refractivity contribution in [2.45, 2.75) is 56.8 Å². The van der Waals surface area contributed by atoms with E-state index in [9.17, 15) is 9.90 Å². The largest absolute Gasteiger partial charge is 0.497 e. The molecule has 4 aromatic rings. The zero-order valence-corrected chi connectivity index (χ0v) is 28.5. The van der Waals surface area contributed by atoms with Crippen LogP contribution in [0.1, 0.15) is 43.7 Å². The van der Waals surface area contributed by atoms with E-state index in [1.54, 1.807) is 32.6 Å². The van der Waals surface area contributed by atoms with Crippen molar-refractivity contribution >= 4 is 14.1 Å². The van der Waals surface area contributed by atoms with E-state index in [4.69, 9.17) is 18.6 Å². The minimum Gasteiger partial charge on any atom is -0.497 e. The molecule has 3 aromatic carbocycles.